The normalized spacial score (nSPS) is 16.4. The Bertz CT molecular complexity index is 753. The van der Waals surface area contributed by atoms with Crippen LogP contribution >= 0.6 is 0 Å². The molecule has 136 valence electrons. The SMILES string of the molecule is CC#CCOc1ccc(S(=O)(=O)NC2(C(=O)OC)CCCCC2)cc1. The van der Waals surface area contributed by atoms with Gasteiger partial charge in [0.1, 0.15) is 17.9 Å². The van der Waals surface area contributed by atoms with E-state index in [1.165, 1.54) is 19.2 Å². The summed E-state index contributed by atoms with van der Waals surface area (Å²) in [7, 11) is -2.57. The molecule has 1 aliphatic rings. The predicted octanol–water partition coefficient (Wildman–Crippen LogP) is 2.24. The number of benzene rings is 1. The van der Waals surface area contributed by atoms with Crippen molar-refractivity contribution in [3.05, 3.63) is 24.3 Å². The Hall–Kier alpha value is -2.04. The Balaban J connectivity index is 2.18. The first-order valence-corrected chi connectivity index (χ1v) is 9.67. The first-order chi connectivity index (χ1) is 11.9. The van der Waals surface area contributed by atoms with Crippen molar-refractivity contribution in [2.24, 2.45) is 0 Å². The highest BCUT2D eigenvalue weighted by Crippen LogP contribution is 2.31. The minimum Gasteiger partial charge on any atom is -0.481 e. The van der Waals surface area contributed by atoms with Crippen LogP contribution in [-0.4, -0.2) is 33.6 Å². The van der Waals surface area contributed by atoms with E-state index in [-0.39, 0.29) is 11.5 Å². The molecule has 1 saturated carbocycles. The minimum atomic E-state index is -3.85. The lowest BCUT2D eigenvalue weighted by atomic mass is 9.83. The molecule has 0 radical (unpaired) electrons. The van der Waals surface area contributed by atoms with Gasteiger partial charge in [-0.25, -0.2) is 8.42 Å². The Morgan fingerprint density at radius 3 is 2.40 bits per heavy atom. The van der Waals surface area contributed by atoms with Gasteiger partial charge in [0, 0.05) is 0 Å². The van der Waals surface area contributed by atoms with Crippen molar-refractivity contribution in [3.8, 4) is 17.6 Å². The van der Waals surface area contributed by atoms with Gasteiger partial charge in [0.25, 0.3) is 0 Å². The number of ether oxygens (including phenoxy) is 2. The standard InChI is InChI=1S/C18H23NO5S/c1-3-4-14-24-15-8-10-16(11-9-15)25(21,22)19-18(17(20)23-2)12-6-5-7-13-18/h8-11,19H,5-7,12-14H2,1-2H3. The number of rotatable bonds is 6. The van der Waals surface area contributed by atoms with Gasteiger partial charge >= 0.3 is 5.97 Å². The van der Waals surface area contributed by atoms with Crippen LogP contribution in [0.5, 0.6) is 5.75 Å². The van der Waals surface area contributed by atoms with E-state index < -0.39 is 21.5 Å². The number of esters is 1. The van der Waals surface area contributed by atoms with Crippen LogP contribution in [0.2, 0.25) is 0 Å². The molecule has 7 heteroatoms. The summed E-state index contributed by atoms with van der Waals surface area (Å²) in [6.07, 6.45) is 3.42. The highest BCUT2D eigenvalue weighted by molar-refractivity contribution is 7.89. The molecule has 0 unspecified atom stereocenters. The molecule has 0 spiro atoms. The van der Waals surface area contributed by atoms with Crippen molar-refractivity contribution < 1.29 is 22.7 Å². The van der Waals surface area contributed by atoms with Crippen LogP contribution < -0.4 is 9.46 Å². The van der Waals surface area contributed by atoms with Crippen molar-refractivity contribution in [2.45, 2.75) is 49.5 Å². The van der Waals surface area contributed by atoms with E-state index in [1.54, 1.807) is 19.1 Å². The molecule has 0 amide bonds. The van der Waals surface area contributed by atoms with E-state index >= 15 is 0 Å². The molecule has 1 aromatic carbocycles. The maximum Gasteiger partial charge on any atom is 0.327 e. The molecule has 1 fully saturated rings. The molecule has 2 rings (SSSR count). The average molecular weight is 365 g/mol. The fourth-order valence-corrected chi connectivity index (χ4v) is 4.34. The summed E-state index contributed by atoms with van der Waals surface area (Å²) < 4.78 is 38.2. The summed E-state index contributed by atoms with van der Waals surface area (Å²) in [4.78, 5) is 12.3. The molecule has 1 aliphatic carbocycles. The zero-order chi connectivity index (χ0) is 18.3. The van der Waals surface area contributed by atoms with Crippen LogP contribution in [0.25, 0.3) is 0 Å². The van der Waals surface area contributed by atoms with Crippen molar-refractivity contribution in [1.29, 1.82) is 0 Å². The molecule has 0 aliphatic heterocycles. The highest BCUT2D eigenvalue weighted by Gasteiger charge is 2.44. The van der Waals surface area contributed by atoms with Crippen molar-refractivity contribution in [1.82, 2.24) is 4.72 Å². The van der Waals surface area contributed by atoms with E-state index in [4.69, 9.17) is 9.47 Å². The summed E-state index contributed by atoms with van der Waals surface area (Å²) in [5.74, 6) is 5.48. The average Bonchev–Trinajstić information content (AvgIpc) is 2.62. The van der Waals surface area contributed by atoms with Gasteiger partial charge in [0.15, 0.2) is 0 Å². The molecule has 0 saturated heterocycles. The van der Waals surface area contributed by atoms with Gasteiger partial charge in [-0.2, -0.15) is 4.72 Å². The van der Waals surface area contributed by atoms with Crippen LogP contribution in [0.4, 0.5) is 0 Å². The van der Waals surface area contributed by atoms with Crippen molar-refractivity contribution in [2.75, 3.05) is 13.7 Å². The number of carbonyl (C=O) groups is 1. The first-order valence-electron chi connectivity index (χ1n) is 8.18. The van der Waals surface area contributed by atoms with E-state index in [0.29, 0.717) is 18.6 Å². The van der Waals surface area contributed by atoms with Crippen LogP contribution in [0.3, 0.4) is 0 Å². The van der Waals surface area contributed by atoms with Crippen LogP contribution in [0.15, 0.2) is 29.2 Å². The smallest absolute Gasteiger partial charge is 0.327 e. The van der Waals surface area contributed by atoms with E-state index in [2.05, 4.69) is 16.6 Å². The number of sulfonamides is 1. The van der Waals surface area contributed by atoms with Crippen LogP contribution in [0.1, 0.15) is 39.0 Å². The van der Waals surface area contributed by atoms with Gasteiger partial charge in [0.05, 0.1) is 12.0 Å². The minimum absolute atomic E-state index is 0.0790. The Labute approximate surface area is 149 Å². The van der Waals surface area contributed by atoms with Gasteiger partial charge in [-0.05, 0) is 44.0 Å². The molecule has 6 nitrogen and oxygen atoms in total. The lowest BCUT2D eigenvalue weighted by molar-refractivity contribution is -0.149. The molecule has 0 bridgehead atoms. The second-order valence-corrected chi connectivity index (χ2v) is 7.61. The third kappa shape index (κ3) is 4.74. The lowest BCUT2D eigenvalue weighted by Gasteiger charge is -2.34. The van der Waals surface area contributed by atoms with Crippen molar-refractivity contribution >= 4 is 16.0 Å². The number of carbonyl (C=O) groups excluding carboxylic acids is 1. The molecule has 0 atom stereocenters. The first kappa shape index (κ1) is 19.3. The van der Waals surface area contributed by atoms with Gasteiger partial charge in [-0.3, -0.25) is 4.79 Å². The Kier molecular flexibility index (Phi) is 6.45. The summed E-state index contributed by atoms with van der Waals surface area (Å²) in [5.41, 5.74) is -1.18. The number of hydrogen-bond acceptors (Lipinski definition) is 5. The Morgan fingerprint density at radius 1 is 1.20 bits per heavy atom. The fraction of sp³-hybridized carbons (Fsp3) is 0.500. The molecular weight excluding hydrogens is 342 g/mol. The zero-order valence-electron chi connectivity index (χ0n) is 14.5. The highest BCUT2D eigenvalue weighted by atomic mass is 32.2. The second kappa shape index (κ2) is 8.37. The van der Waals surface area contributed by atoms with E-state index in [1.807, 2.05) is 0 Å². The molecule has 25 heavy (non-hydrogen) atoms. The third-order valence-electron chi connectivity index (χ3n) is 4.23. The fourth-order valence-electron chi connectivity index (χ4n) is 2.92. The molecule has 1 N–H and O–H groups in total. The quantitative estimate of drug-likeness (QED) is 0.618. The zero-order valence-corrected chi connectivity index (χ0v) is 15.3. The maximum absolute atomic E-state index is 12.7. The van der Waals surface area contributed by atoms with Gasteiger partial charge in [-0.15, -0.1) is 5.92 Å². The lowest BCUT2D eigenvalue weighted by Crippen LogP contribution is -2.55. The van der Waals surface area contributed by atoms with Gasteiger partial charge in [-0.1, -0.05) is 25.2 Å². The number of methoxy groups -OCH3 is 1. The summed E-state index contributed by atoms with van der Waals surface area (Å²) in [6, 6.07) is 6.03. The molecular formula is C18H23NO5S. The van der Waals surface area contributed by atoms with E-state index in [0.717, 1.165) is 19.3 Å². The topological polar surface area (TPSA) is 81.7 Å². The summed E-state index contributed by atoms with van der Waals surface area (Å²) >= 11 is 0. The monoisotopic (exact) mass is 365 g/mol. The van der Waals surface area contributed by atoms with E-state index in [9.17, 15) is 13.2 Å². The van der Waals surface area contributed by atoms with Crippen LogP contribution in [-0.2, 0) is 19.6 Å². The number of nitrogens with one attached hydrogen (secondary N) is 1. The van der Waals surface area contributed by atoms with Crippen LogP contribution in [0, 0.1) is 11.8 Å². The largest absolute Gasteiger partial charge is 0.481 e. The molecule has 1 aromatic rings. The van der Waals surface area contributed by atoms with Gasteiger partial charge < -0.3 is 9.47 Å². The summed E-state index contributed by atoms with van der Waals surface area (Å²) in [5, 5.41) is 0. The number of hydrogen-bond donors (Lipinski definition) is 1. The Morgan fingerprint density at radius 2 is 1.84 bits per heavy atom. The summed E-state index contributed by atoms with van der Waals surface area (Å²) in [6.45, 7) is 1.96. The third-order valence-corrected chi connectivity index (χ3v) is 5.79. The maximum atomic E-state index is 12.7. The predicted molar refractivity (Wildman–Crippen MR) is 93.5 cm³/mol. The molecule has 0 aromatic heterocycles. The second-order valence-electron chi connectivity index (χ2n) is 5.93. The van der Waals surface area contributed by atoms with Gasteiger partial charge in [0.2, 0.25) is 10.0 Å². The molecule has 0 heterocycles. The van der Waals surface area contributed by atoms with Crippen molar-refractivity contribution in [3.63, 3.8) is 0 Å².